The molecule has 0 aliphatic rings. The van der Waals surface area contributed by atoms with Crippen molar-refractivity contribution in [2.45, 2.75) is 34.2 Å². The number of aromatic hydroxyl groups is 1. The van der Waals surface area contributed by atoms with Crippen LogP contribution < -0.4 is 0 Å². The number of benzene rings is 2. The fourth-order valence-corrected chi connectivity index (χ4v) is 4.41. The van der Waals surface area contributed by atoms with Gasteiger partial charge in [-0.25, -0.2) is 4.98 Å². The first-order chi connectivity index (χ1) is 14.4. The van der Waals surface area contributed by atoms with Crippen LogP contribution in [0.4, 0.5) is 0 Å². The topological polar surface area (TPSA) is 87.4 Å². The van der Waals surface area contributed by atoms with Gasteiger partial charge in [-0.05, 0) is 69.7 Å². The predicted octanol–water partition coefficient (Wildman–Crippen LogP) is 5.08. The molecule has 0 saturated heterocycles. The highest BCUT2D eigenvalue weighted by Crippen LogP contribution is 2.35. The Morgan fingerprint density at radius 3 is 2.70 bits per heavy atom. The molecular weight excluding hydrogens is 396 g/mol. The van der Waals surface area contributed by atoms with Crippen molar-refractivity contribution in [2.75, 3.05) is 0 Å². The van der Waals surface area contributed by atoms with Crippen molar-refractivity contribution < 1.29 is 5.11 Å². The number of aromatic amines is 2. The standard InChI is InChI=1S/C22H22N6OS/c1-5-27-13(4)24-18-8-14(6-7-19(18)27)28-21(25-26-22(28)30)16-9-15-11(2)12(3)23-17(15)10-20(16)29/h6-10,23,29H,5H2,1-4H3,(H,26,30). The number of hydrogen-bond donors (Lipinski definition) is 3. The van der Waals surface area contributed by atoms with Gasteiger partial charge in [-0.1, -0.05) is 0 Å². The van der Waals surface area contributed by atoms with Gasteiger partial charge >= 0.3 is 0 Å². The molecular formula is C22H22N6OS. The molecule has 5 rings (SSSR count). The van der Waals surface area contributed by atoms with Crippen molar-refractivity contribution in [3.05, 3.63) is 52.2 Å². The first-order valence-electron chi connectivity index (χ1n) is 9.86. The van der Waals surface area contributed by atoms with E-state index >= 15 is 0 Å². The second kappa shape index (κ2) is 6.56. The Balaban J connectivity index is 1.74. The van der Waals surface area contributed by atoms with Crippen LogP contribution in [0, 0.1) is 25.5 Å². The fourth-order valence-electron chi connectivity index (χ4n) is 4.17. The van der Waals surface area contributed by atoms with E-state index in [9.17, 15) is 5.11 Å². The van der Waals surface area contributed by atoms with E-state index in [4.69, 9.17) is 17.2 Å². The van der Waals surface area contributed by atoms with Gasteiger partial charge in [-0.3, -0.25) is 9.67 Å². The van der Waals surface area contributed by atoms with E-state index in [0.29, 0.717) is 16.2 Å². The van der Waals surface area contributed by atoms with Crippen LogP contribution in [-0.4, -0.2) is 34.4 Å². The van der Waals surface area contributed by atoms with E-state index in [1.165, 1.54) is 0 Å². The molecule has 5 aromatic rings. The number of rotatable bonds is 3. The van der Waals surface area contributed by atoms with Gasteiger partial charge in [0.15, 0.2) is 10.6 Å². The number of phenolic OH excluding ortho intramolecular Hbond substituents is 1. The van der Waals surface area contributed by atoms with Crippen molar-refractivity contribution >= 4 is 34.2 Å². The minimum absolute atomic E-state index is 0.145. The van der Waals surface area contributed by atoms with Gasteiger partial charge in [0, 0.05) is 29.2 Å². The SMILES string of the molecule is CCn1c(C)nc2cc(-n3c(-c4cc5c(C)c(C)[nH]c5cc4O)n[nH]c3=S)ccc21. The molecule has 0 amide bonds. The largest absolute Gasteiger partial charge is 0.507 e. The molecule has 8 heteroatoms. The zero-order chi connectivity index (χ0) is 21.2. The maximum atomic E-state index is 10.7. The molecule has 0 radical (unpaired) electrons. The summed E-state index contributed by atoms with van der Waals surface area (Å²) >= 11 is 5.53. The zero-order valence-corrected chi connectivity index (χ0v) is 18.1. The molecule has 3 aromatic heterocycles. The molecule has 0 aliphatic heterocycles. The van der Waals surface area contributed by atoms with E-state index in [1.807, 2.05) is 36.6 Å². The monoisotopic (exact) mass is 418 g/mol. The number of aromatic nitrogens is 6. The second-order valence-electron chi connectivity index (χ2n) is 7.55. The minimum atomic E-state index is 0.145. The van der Waals surface area contributed by atoms with Crippen LogP contribution in [0.5, 0.6) is 5.75 Å². The van der Waals surface area contributed by atoms with E-state index in [1.54, 1.807) is 6.07 Å². The lowest BCUT2D eigenvalue weighted by Gasteiger charge is -2.09. The van der Waals surface area contributed by atoms with E-state index in [-0.39, 0.29) is 5.75 Å². The Morgan fingerprint density at radius 2 is 1.93 bits per heavy atom. The molecule has 3 heterocycles. The van der Waals surface area contributed by atoms with Crippen molar-refractivity contribution in [1.29, 1.82) is 0 Å². The van der Waals surface area contributed by atoms with Gasteiger partial charge in [-0.15, -0.1) is 0 Å². The number of aryl methyl sites for hydroxylation is 4. The minimum Gasteiger partial charge on any atom is -0.507 e. The third kappa shape index (κ3) is 2.60. The normalized spacial score (nSPS) is 11.7. The number of phenols is 1. The summed E-state index contributed by atoms with van der Waals surface area (Å²) in [5, 5.41) is 19.1. The summed E-state index contributed by atoms with van der Waals surface area (Å²) in [5.74, 6) is 1.68. The third-order valence-corrected chi connectivity index (χ3v) is 6.11. The summed E-state index contributed by atoms with van der Waals surface area (Å²) in [6, 6.07) is 9.76. The summed E-state index contributed by atoms with van der Waals surface area (Å²) in [6.45, 7) is 9.06. The highest BCUT2D eigenvalue weighted by molar-refractivity contribution is 7.71. The predicted molar refractivity (Wildman–Crippen MR) is 121 cm³/mol. The zero-order valence-electron chi connectivity index (χ0n) is 17.2. The van der Waals surface area contributed by atoms with Gasteiger partial charge < -0.3 is 14.7 Å². The molecule has 2 aromatic carbocycles. The van der Waals surface area contributed by atoms with Gasteiger partial charge in [0.25, 0.3) is 0 Å². The smallest absolute Gasteiger partial charge is 0.200 e. The lowest BCUT2D eigenvalue weighted by molar-refractivity contribution is 0.477. The number of hydrogen-bond acceptors (Lipinski definition) is 4. The molecule has 152 valence electrons. The quantitative estimate of drug-likeness (QED) is 0.357. The Labute approximate surface area is 178 Å². The second-order valence-corrected chi connectivity index (χ2v) is 7.94. The van der Waals surface area contributed by atoms with Gasteiger partial charge in [0.05, 0.1) is 22.3 Å². The fraction of sp³-hybridized carbons (Fsp3) is 0.227. The summed E-state index contributed by atoms with van der Waals surface area (Å²) in [6.07, 6.45) is 0. The molecule has 0 unspecified atom stereocenters. The lowest BCUT2D eigenvalue weighted by Crippen LogP contribution is -1.99. The Morgan fingerprint density at radius 1 is 1.13 bits per heavy atom. The molecule has 7 nitrogen and oxygen atoms in total. The van der Waals surface area contributed by atoms with Crippen LogP contribution in [0.25, 0.3) is 39.0 Å². The Hall–Kier alpha value is -3.39. The highest BCUT2D eigenvalue weighted by Gasteiger charge is 2.18. The summed E-state index contributed by atoms with van der Waals surface area (Å²) in [7, 11) is 0. The molecule has 0 bridgehead atoms. The molecule has 30 heavy (non-hydrogen) atoms. The first kappa shape index (κ1) is 18.6. The van der Waals surface area contributed by atoms with Crippen LogP contribution >= 0.6 is 12.2 Å². The highest BCUT2D eigenvalue weighted by atomic mass is 32.1. The van der Waals surface area contributed by atoms with Crippen molar-refractivity contribution in [3.63, 3.8) is 0 Å². The van der Waals surface area contributed by atoms with E-state index < -0.39 is 0 Å². The molecule has 0 spiro atoms. The molecule has 0 fully saturated rings. The molecule has 0 aliphatic carbocycles. The number of nitrogens with zero attached hydrogens (tertiary/aromatic N) is 4. The van der Waals surface area contributed by atoms with Crippen molar-refractivity contribution in [1.82, 2.24) is 29.3 Å². The van der Waals surface area contributed by atoms with E-state index in [0.717, 1.165) is 51.3 Å². The Bertz CT molecular complexity index is 1500. The van der Waals surface area contributed by atoms with Gasteiger partial charge in [-0.2, -0.15) is 5.10 Å². The number of nitrogens with one attached hydrogen (secondary N) is 2. The molecule has 0 atom stereocenters. The third-order valence-electron chi connectivity index (χ3n) is 5.83. The summed E-state index contributed by atoms with van der Waals surface area (Å²) in [4.78, 5) is 8.00. The summed E-state index contributed by atoms with van der Waals surface area (Å²) in [5.41, 5.74) is 6.57. The van der Waals surface area contributed by atoms with Gasteiger partial charge in [0.2, 0.25) is 0 Å². The average molecular weight is 419 g/mol. The van der Waals surface area contributed by atoms with Gasteiger partial charge in [0.1, 0.15) is 11.6 Å². The van der Waals surface area contributed by atoms with Crippen molar-refractivity contribution in [2.24, 2.45) is 0 Å². The lowest BCUT2D eigenvalue weighted by atomic mass is 10.1. The number of imidazole rings is 1. The maximum absolute atomic E-state index is 10.7. The van der Waals surface area contributed by atoms with Crippen LogP contribution in [0.1, 0.15) is 24.0 Å². The summed E-state index contributed by atoms with van der Waals surface area (Å²) < 4.78 is 4.47. The van der Waals surface area contributed by atoms with Crippen LogP contribution in [0.2, 0.25) is 0 Å². The molecule has 3 N–H and O–H groups in total. The first-order valence-corrected chi connectivity index (χ1v) is 10.3. The van der Waals surface area contributed by atoms with Crippen molar-refractivity contribution in [3.8, 4) is 22.8 Å². The van der Waals surface area contributed by atoms with Crippen LogP contribution in [0.15, 0.2) is 30.3 Å². The average Bonchev–Trinajstić information content (AvgIpc) is 3.33. The molecule has 0 saturated carbocycles. The number of H-pyrrole nitrogens is 2. The Kier molecular flexibility index (Phi) is 4.08. The maximum Gasteiger partial charge on any atom is 0.200 e. The number of fused-ring (bicyclic) bond motifs is 2. The van der Waals surface area contributed by atoms with Crippen LogP contribution in [0.3, 0.4) is 0 Å². The van der Waals surface area contributed by atoms with Crippen LogP contribution in [-0.2, 0) is 6.54 Å². The van der Waals surface area contributed by atoms with E-state index in [2.05, 4.69) is 39.7 Å².